The van der Waals surface area contributed by atoms with E-state index in [1.54, 1.807) is 31.2 Å². The molecule has 0 aliphatic carbocycles. The number of hydrogen-bond acceptors (Lipinski definition) is 8. The van der Waals surface area contributed by atoms with Crippen molar-refractivity contribution in [3.8, 4) is 11.8 Å². The fourth-order valence-electron chi connectivity index (χ4n) is 4.27. The van der Waals surface area contributed by atoms with Gasteiger partial charge < -0.3 is 19.9 Å². The van der Waals surface area contributed by atoms with Gasteiger partial charge in [0.2, 0.25) is 5.91 Å². The monoisotopic (exact) mass is 542 g/mol. The Morgan fingerprint density at radius 1 is 1.26 bits per heavy atom. The van der Waals surface area contributed by atoms with E-state index in [4.69, 9.17) is 14.7 Å². The maximum atomic E-state index is 14.0. The molecule has 202 valence electrons. The second kappa shape index (κ2) is 11.6. The molecule has 0 unspecified atom stereocenters. The number of carbonyl (C=O) groups is 2. The van der Waals surface area contributed by atoms with Gasteiger partial charge in [0.15, 0.2) is 0 Å². The molecular formula is C26H30N4O7S. The summed E-state index contributed by atoms with van der Waals surface area (Å²) in [4.78, 5) is 52.6. The normalized spacial score (nSPS) is 12.2. The van der Waals surface area contributed by atoms with E-state index in [9.17, 15) is 24.3 Å². The number of rotatable bonds is 11. The Balaban J connectivity index is 2.36. The quantitative estimate of drug-likeness (QED) is 0.351. The zero-order valence-corrected chi connectivity index (χ0v) is 22.7. The standard InChI is InChI=1S/C26H30N4O7S/c1-6-28-24(34)26(3,4)30-21(31)19-15(2)20(23(32)33)38-22(19)29(25(30)35)14-18(37-13-9-12-27)16-10-7-8-11-17(16)36-5/h7-8,10-11,18H,6,9,13-14H2,1-5H3,(H,28,34)(H,32,33)/t18-/m0/s1. The maximum Gasteiger partial charge on any atom is 0.346 e. The van der Waals surface area contributed by atoms with Crippen LogP contribution in [0, 0.1) is 18.3 Å². The van der Waals surface area contributed by atoms with Crippen LogP contribution in [0.2, 0.25) is 0 Å². The Morgan fingerprint density at radius 2 is 1.95 bits per heavy atom. The van der Waals surface area contributed by atoms with Crippen LogP contribution in [0.3, 0.4) is 0 Å². The minimum absolute atomic E-state index is 0.0418. The van der Waals surface area contributed by atoms with Crippen LogP contribution in [-0.2, 0) is 21.6 Å². The first kappa shape index (κ1) is 28.6. The van der Waals surface area contributed by atoms with Gasteiger partial charge in [-0.2, -0.15) is 5.26 Å². The first-order valence-electron chi connectivity index (χ1n) is 11.9. The number of aromatic nitrogens is 2. The average molecular weight is 543 g/mol. The van der Waals surface area contributed by atoms with Gasteiger partial charge in [-0.3, -0.25) is 14.2 Å². The number of methoxy groups -OCH3 is 1. The summed E-state index contributed by atoms with van der Waals surface area (Å²) in [5.74, 6) is -1.28. The Labute approximate surface area is 222 Å². The van der Waals surface area contributed by atoms with Gasteiger partial charge in [0, 0.05) is 12.1 Å². The number of nitrogens with zero attached hydrogens (tertiary/aromatic N) is 3. The number of nitrogens with one attached hydrogen (secondary N) is 1. The molecule has 0 radical (unpaired) electrons. The summed E-state index contributed by atoms with van der Waals surface area (Å²) >= 11 is 0.811. The van der Waals surface area contributed by atoms with E-state index in [1.165, 1.54) is 32.4 Å². The SMILES string of the molecule is CCNC(=O)C(C)(C)n1c(=O)c2c(C)c(C(=O)O)sc2n(C[C@H](OCCC#N)c2ccccc2OC)c1=O. The molecule has 12 heteroatoms. The van der Waals surface area contributed by atoms with E-state index in [0.29, 0.717) is 11.3 Å². The molecule has 1 atom stereocenters. The fourth-order valence-corrected chi connectivity index (χ4v) is 5.41. The molecule has 38 heavy (non-hydrogen) atoms. The molecule has 1 amide bonds. The van der Waals surface area contributed by atoms with Crippen molar-refractivity contribution in [3.05, 3.63) is 61.1 Å². The summed E-state index contributed by atoms with van der Waals surface area (Å²) in [7, 11) is 1.49. The molecule has 2 heterocycles. The van der Waals surface area contributed by atoms with Crippen LogP contribution in [0.15, 0.2) is 33.9 Å². The summed E-state index contributed by atoms with van der Waals surface area (Å²) in [6.45, 7) is 6.35. The van der Waals surface area contributed by atoms with Crippen LogP contribution in [0.1, 0.15) is 54.1 Å². The van der Waals surface area contributed by atoms with Crippen molar-refractivity contribution in [2.75, 3.05) is 20.3 Å². The first-order chi connectivity index (χ1) is 18.0. The van der Waals surface area contributed by atoms with E-state index in [-0.39, 0.29) is 46.8 Å². The number of nitriles is 1. The van der Waals surface area contributed by atoms with Crippen LogP contribution in [0.25, 0.3) is 10.2 Å². The third-order valence-corrected chi connectivity index (χ3v) is 7.53. The molecule has 3 aromatic rings. The zero-order valence-electron chi connectivity index (χ0n) is 21.9. The van der Waals surface area contributed by atoms with Gasteiger partial charge in [-0.05, 0) is 39.3 Å². The molecule has 1 aromatic carbocycles. The lowest BCUT2D eigenvalue weighted by molar-refractivity contribution is -0.128. The van der Waals surface area contributed by atoms with Crippen LogP contribution < -0.4 is 21.3 Å². The molecule has 0 fully saturated rings. The highest BCUT2D eigenvalue weighted by atomic mass is 32.1. The number of likely N-dealkylation sites (N-methyl/N-ethyl adjacent to an activating group) is 1. The van der Waals surface area contributed by atoms with E-state index >= 15 is 0 Å². The topological polar surface area (TPSA) is 153 Å². The lowest BCUT2D eigenvalue weighted by atomic mass is 10.0. The van der Waals surface area contributed by atoms with E-state index < -0.39 is 34.8 Å². The molecule has 11 nitrogen and oxygen atoms in total. The number of hydrogen-bond donors (Lipinski definition) is 2. The van der Waals surface area contributed by atoms with Crippen LogP contribution in [0.4, 0.5) is 0 Å². The average Bonchev–Trinajstić information content (AvgIpc) is 3.23. The number of thiophene rings is 1. The minimum atomic E-state index is -1.58. The third kappa shape index (κ3) is 5.20. The fraction of sp³-hybridized carbons (Fsp3) is 0.423. The van der Waals surface area contributed by atoms with Crippen molar-refractivity contribution in [1.29, 1.82) is 5.26 Å². The first-order valence-corrected chi connectivity index (χ1v) is 12.7. The Kier molecular flexibility index (Phi) is 8.75. The molecule has 0 aliphatic rings. The number of amides is 1. The summed E-state index contributed by atoms with van der Waals surface area (Å²) in [6, 6.07) is 9.05. The number of aromatic carboxylic acids is 1. The van der Waals surface area contributed by atoms with Crippen LogP contribution >= 0.6 is 11.3 Å². The molecular weight excluding hydrogens is 512 g/mol. The summed E-state index contributed by atoms with van der Waals surface area (Å²) in [5, 5.41) is 21.5. The number of benzene rings is 1. The van der Waals surface area contributed by atoms with Crippen molar-refractivity contribution >= 4 is 33.4 Å². The molecule has 3 rings (SSSR count). The van der Waals surface area contributed by atoms with Gasteiger partial charge in [0.1, 0.15) is 27.1 Å². The van der Waals surface area contributed by atoms with Crippen molar-refractivity contribution in [2.45, 2.75) is 52.3 Å². The number of fused-ring (bicyclic) bond motifs is 1. The van der Waals surface area contributed by atoms with Gasteiger partial charge in [-0.1, -0.05) is 18.2 Å². The number of carboxylic acid groups (broad SMARTS) is 1. The lowest BCUT2D eigenvalue weighted by Gasteiger charge is -2.27. The molecule has 2 aromatic heterocycles. The number of para-hydroxylation sites is 1. The molecule has 0 saturated carbocycles. The largest absolute Gasteiger partial charge is 0.496 e. The minimum Gasteiger partial charge on any atom is -0.496 e. The zero-order chi connectivity index (χ0) is 28.2. The molecule has 0 aliphatic heterocycles. The van der Waals surface area contributed by atoms with E-state index in [0.717, 1.165) is 15.9 Å². The Hall–Kier alpha value is -3.95. The summed E-state index contributed by atoms with van der Waals surface area (Å²) < 4.78 is 13.6. The van der Waals surface area contributed by atoms with E-state index in [2.05, 4.69) is 5.32 Å². The van der Waals surface area contributed by atoms with Crippen molar-refractivity contribution in [2.24, 2.45) is 0 Å². The second-order valence-corrected chi connectivity index (χ2v) is 10.0. The molecule has 0 spiro atoms. The highest BCUT2D eigenvalue weighted by Crippen LogP contribution is 2.32. The number of aryl methyl sites for hydroxylation is 1. The lowest BCUT2D eigenvalue weighted by Crippen LogP contribution is -2.55. The number of carbonyl (C=O) groups excluding carboxylic acids is 1. The molecule has 0 bridgehead atoms. The van der Waals surface area contributed by atoms with Crippen LogP contribution in [0.5, 0.6) is 5.75 Å². The number of carboxylic acids is 1. The van der Waals surface area contributed by atoms with Crippen molar-refractivity contribution in [3.63, 3.8) is 0 Å². The molecule has 0 saturated heterocycles. The van der Waals surface area contributed by atoms with Gasteiger partial charge >= 0.3 is 11.7 Å². The molecule has 2 N–H and O–H groups in total. The predicted octanol–water partition coefficient (Wildman–Crippen LogP) is 2.78. The van der Waals surface area contributed by atoms with Crippen molar-refractivity contribution in [1.82, 2.24) is 14.5 Å². The van der Waals surface area contributed by atoms with Crippen LogP contribution in [-0.4, -0.2) is 46.4 Å². The Morgan fingerprint density at radius 3 is 2.55 bits per heavy atom. The summed E-state index contributed by atoms with van der Waals surface area (Å²) in [5.41, 5.74) is -2.32. The summed E-state index contributed by atoms with van der Waals surface area (Å²) in [6.07, 6.45) is -0.698. The maximum absolute atomic E-state index is 14.0. The van der Waals surface area contributed by atoms with Gasteiger partial charge in [0.25, 0.3) is 5.56 Å². The number of ether oxygens (including phenoxy) is 2. The predicted molar refractivity (Wildman–Crippen MR) is 142 cm³/mol. The van der Waals surface area contributed by atoms with Gasteiger partial charge in [0.05, 0.1) is 38.1 Å². The highest BCUT2D eigenvalue weighted by molar-refractivity contribution is 7.20. The third-order valence-electron chi connectivity index (χ3n) is 6.23. The van der Waals surface area contributed by atoms with Gasteiger partial charge in [-0.15, -0.1) is 11.3 Å². The van der Waals surface area contributed by atoms with Crippen molar-refractivity contribution < 1.29 is 24.2 Å². The Bertz CT molecular complexity index is 1530. The smallest absolute Gasteiger partial charge is 0.346 e. The van der Waals surface area contributed by atoms with Gasteiger partial charge in [-0.25, -0.2) is 14.2 Å². The highest BCUT2D eigenvalue weighted by Gasteiger charge is 2.36. The van der Waals surface area contributed by atoms with E-state index in [1.807, 2.05) is 6.07 Å². The second-order valence-electron chi connectivity index (χ2n) is 9.00.